The van der Waals surface area contributed by atoms with E-state index in [1.54, 1.807) is 21.3 Å². The monoisotopic (exact) mass is 695 g/mol. The lowest BCUT2D eigenvalue weighted by molar-refractivity contribution is -0.167. The molecule has 0 saturated carbocycles. The summed E-state index contributed by atoms with van der Waals surface area (Å²) in [7, 11) is 4.80. The number of rotatable bonds is 25. The molecule has 0 amide bonds. The third kappa shape index (κ3) is 14.3. The van der Waals surface area contributed by atoms with E-state index in [0.717, 1.165) is 74.6 Å². The van der Waals surface area contributed by atoms with Crippen LogP contribution in [-0.4, -0.2) is 65.7 Å². The molecule has 0 bridgehead atoms. The van der Waals surface area contributed by atoms with Gasteiger partial charge in [0, 0.05) is 23.4 Å². The Labute approximate surface area is 296 Å². The average Bonchev–Trinajstić information content (AvgIpc) is 3.14. The van der Waals surface area contributed by atoms with Gasteiger partial charge in [-0.2, -0.15) is 0 Å². The van der Waals surface area contributed by atoms with E-state index in [4.69, 9.17) is 38.9 Å². The quantitative estimate of drug-likeness (QED) is 0.0375. The van der Waals surface area contributed by atoms with Crippen LogP contribution in [-0.2, 0) is 28.6 Å². The fourth-order valence-corrected chi connectivity index (χ4v) is 4.87. The highest BCUT2D eigenvalue weighted by Crippen LogP contribution is 2.32. The molecule has 0 aromatic heterocycles. The van der Waals surface area contributed by atoms with Crippen molar-refractivity contribution in [3.63, 3.8) is 0 Å². The summed E-state index contributed by atoms with van der Waals surface area (Å²) < 4.78 is 37.7. The molecular weight excluding hydrogens is 642 g/mol. The SMILES string of the molecule is C=CC(=O)OCC(C)(COC(=O)C=C)C(=O)OCCCCCCCCCCCOc1ccc(/C=C(\N)c2ccc(OC)c(OC)c2)cc1OC. The molecule has 0 atom stereocenters. The van der Waals surface area contributed by atoms with Crippen molar-refractivity contribution in [2.24, 2.45) is 11.1 Å². The Morgan fingerprint density at radius 2 is 1.16 bits per heavy atom. The van der Waals surface area contributed by atoms with Gasteiger partial charge in [0.15, 0.2) is 23.0 Å². The highest BCUT2D eigenvalue weighted by atomic mass is 16.6. The van der Waals surface area contributed by atoms with Crippen LogP contribution in [0.25, 0.3) is 11.8 Å². The number of hydrogen-bond acceptors (Lipinski definition) is 11. The number of carbonyl (C=O) groups is 3. The minimum absolute atomic E-state index is 0.233. The Hall–Kier alpha value is -4.93. The van der Waals surface area contributed by atoms with Crippen molar-refractivity contribution in [2.75, 3.05) is 47.8 Å². The number of nitrogens with two attached hydrogens (primary N) is 1. The van der Waals surface area contributed by atoms with E-state index >= 15 is 0 Å². The van der Waals surface area contributed by atoms with E-state index in [1.807, 2.05) is 42.5 Å². The van der Waals surface area contributed by atoms with Gasteiger partial charge >= 0.3 is 17.9 Å². The van der Waals surface area contributed by atoms with Crippen molar-refractivity contribution in [1.29, 1.82) is 0 Å². The van der Waals surface area contributed by atoms with Gasteiger partial charge in [0.2, 0.25) is 0 Å². The van der Waals surface area contributed by atoms with E-state index in [2.05, 4.69) is 13.2 Å². The molecular formula is C39H53NO10. The smallest absolute Gasteiger partial charge is 0.330 e. The van der Waals surface area contributed by atoms with Gasteiger partial charge in [0.1, 0.15) is 18.6 Å². The van der Waals surface area contributed by atoms with E-state index in [1.165, 1.54) is 6.92 Å². The number of hydrogen-bond donors (Lipinski definition) is 1. The minimum atomic E-state index is -1.33. The fourth-order valence-electron chi connectivity index (χ4n) is 4.87. The van der Waals surface area contributed by atoms with Crippen LogP contribution in [0.15, 0.2) is 61.7 Å². The molecule has 0 heterocycles. The Kier molecular flexibility index (Phi) is 18.7. The fraction of sp³-hybridized carbons (Fsp3) is 0.462. The predicted octanol–water partition coefficient (Wildman–Crippen LogP) is 7.07. The Bertz CT molecular complexity index is 1410. The van der Waals surface area contributed by atoms with Crippen molar-refractivity contribution in [1.82, 2.24) is 0 Å². The highest BCUT2D eigenvalue weighted by molar-refractivity contribution is 5.84. The maximum Gasteiger partial charge on any atom is 0.330 e. The largest absolute Gasteiger partial charge is 0.493 e. The summed E-state index contributed by atoms with van der Waals surface area (Å²) in [5.74, 6) is 0.619. The highest BCUT2D eigenvalue weighted by Gasteiger charge is 2.38. The maximum absolute atomic E-state index is 12.7. The first-order valence-electron chi connectivity index (χ1n) is 16.9. The lowest BCUT2D eigenvalue weighted by Gasteiger charge is -2.26. The summed E-state index contributed by atoms with van der Waals surface area (Å²) in [5, 5.41) is 0. The van der Waals surface area contributed by atoms with Crippen molar-refractivity contribution >= 4 is 29.7 Å². The maximum atomic E-state index is 12.7. The van der Waals surface area contributed by atoms with Gasteiger partial charge in [-0.15, -0.1) is 0 Å². The molecule has 0 unspecified atom stereocenters. The second kappa shape index (κ2) is 22.7. The van der Waals surface area contributed by atoms with Crippen molar-refractivity contribution in [2.45, 2.75) is 64.7 Å². The second-order valence-corrected chi connectivity index (χ2v) is 11.9. The molecule has 2 N–H and O–H groups in total. The minimum Gasteiger partial charge on any atom is -0.493 e. The van der Waals surface area contributed by atoms with Crippen LogP contribution in [0.1, 0.15) is 75.8 Å². The molecule has 2 aromatic carbocycles. The lowest BCUT2D eigenvalue weighted by atomic mass is 9.93. The third-order valence-corrected chi connectivity index (χ3v) is 7.90. The van der Waals surface area contributed by atoms with Gasteiger partial charge in [-0.05, 0) is 61.7 Å². The van der Waals surface area contributed by atoms with Crippen LogP contribution < -0.4 is 24.7 Å². The normalized spacial score (nSPS) is 11.2. The van der Waals surface area contributed by atoms with Crippen LogP contribution in [0, 0.1) is 5.41 Å². The van der Waals surface area contributed by atoms with Crippen LogP contribution in [0.2, 0.25) is 0 Å². The summed E-state index contributed by atoms with van der Waals surface area (Å²) >= 11 is 0. The standard InChI is InChI=1S/C39H53NO10/c1-7-36(41)49-27-39(3,28-50-37(42)8-2)38(43)48-23-17-15-13-11-9-10-12-14-16-22-47-33-20-18-29(25-34(33)45-5)24-31(40)30-19-21-32(44-4)35(26-30)46-6/h7-8,18-21,24-26H,1-2,9-17,22-23,27-28,40H2,3-6H3/b31-24-. The summed E-state index contributed by atoms with van der Waals surface area (Å²) in [5.41, 5.74) is 7.32. The number of esters is 3. The van der Waals surface area contributed by atoms with Gasteiger partial charge in [-0.1, -0.05) is 64.2 Å². The molecule has 2 aromatic rings. The first-order chi connectivity index (χ1) is 24.1. The summed E-state index contributed by atoms with van der Waals surface area (Å²) in [6.45, 7) is 8.42. The Balaban J connectivity index is 1.63. The van der Waals surface area contributed by atoms with Crippen molar-refractivity contribution in [3.8, 4) is 23.0 Å². The molecule has 0 aliphatic carbocycles. The van der Waals surface area contributed by atoms with Gasteiger partial charge in [0.25, 0.3) is 0 Å². The zero-order chi connectivity index (χ0) is 36.8. The van der Waals surface area contributed by atoms with Gasteiger partial charge in [0.05, 0.1) is 34.5 Å². The molecule has 11 nitrogen and oxygen atoms in total. The van der Waals surface area contributed by atoms with E-state index in [-0.39, 0.29) is 19.8 Å². The van der Waals surface area contributed by atoms with Crippen LogP contribution >= 0.6 is 0 Å². The molecule has 11 heteroatoms. The molecule has 0 aliphatic rings. The van der Waals surface area contributed by atoms with Crippen molar-refractivity contribution < 1.29 is 47.5 Å². The van der Waals surface area contributed by atoms with E-state index < -0.39 is 23.3 Å². The summed E-state index contributed by atoms with van der Waals surface area (Å²) in [6.07, 6.45) is 13.1. The zero-order valence-corrected chi connectivity index (χ0v) is 30.0. The zero-order valence-electron chi connectivity index (χ0n) is 30.0. The van der Waals surface area contributed by atoms with E-state index in [9.17, 15) is 14.4 Å². The lowest BCUT2D eigenvalue weighted by Crippen LogP contribution is -2.40. The molecule has 274 valence electrons. The molecule has 0 fully saturated rings. The Morgan fingerprint density at radius 1 is 0.660 bits per heavy atom. The molecule has 2 rings (SSSR count). The van der Waals surface area contributed by atoms with Gasteiger partial charge in [-0.25, -0.2) is 9.59 Å². The third-order valence-electron chi connectivity index (χ3n) is 7.90. The topological polar surface area (TPSA) is 142 Å². The number of carbonyl (C=O) groups excluding carboxylic acids is 3. The number of benzene rings is 2. The molecule has 0 saturated heterocycles. The van der Waals surface area contributed by atoms with Gasteiger partial charge in [-0.3, -0.25) is 4.79 Å². The summed E-state index contributed by atoms with van der Waals surface area (Å²) in [6, 6.07) is 11.3. The van der Waals surface area contributed by atoms with Crippen LogP contribution in [0.3, 0.4) is 0 Å². The van der Waals surface area contributed by atoms with Crippen LogP contribution in [0.4, 0.5) is 0 Å². The summed E-state index contributed by atoms with van der Waals surface area (Å²) in [4.78, 5) is 35.7. The first-order valence-corrected chi connectivity index (χ1v) is 16.9. The number of methoxy groups -OCH3 is 3. The second-order valence-electron chi connectivity index (χ2n) is 11.9. The number of unbranched alkanes of at least 4 members (excludes halogenated alkanes) is 8. The first kappa shape index (κ1) is 41.2. The predicted molar refractivity (Wildman–Crippen MR) is 193 cm³/mol. The molecule has 50 heavy (non-hydrogen) atoms. The molecule has 0 spiro atoms. The number of ether oxygens (including phenoxy) is 7. The Morgan fingerprint density at radius 3 is 1.70 bits per heavy atom. The van der Waals surface area contributed by atoms with Crippen molar-refractivity contribution in [3.05, 3.63) is 72.8 Å². The van der Waals surface area contributed by atoms with E-state index in [0.29, 0.717) is 41.7 Å². The molecule has 0 aliphatic heterocycles. The van der Waals surface area contributed by atoms with Crippen LogP contribution in [0.5, 0.6) is 23.0 Å². The van der Waals surface area contributed by atoms with Gasteiger partial charge < -0.3 is 38.9 Å². The average molecular weight is 696 g/mol. The molecule has 0 radical (unpaired) electrons.